The first-order chi connectivity index (χ1) is 14.8. The van der Waals surface area contributed by atoms with Gasteiger partial charge in [0.05, 0.1) is 40.1 Å². The third-order valence-corrected chi connectivity index (χ3v) is 5.78. The first-order valence-electron chi connectivity index (χ1n) is 9.33. The summed E-state index contributed by atoms with van der Waals surface area (Å²) in [6.45, 7) is 0.460. The summed E-state index contributed by atoms with van der Waals surface area (Å²) in [6, 6.07) is 9.11. The minimum Gasteiger partial charge on any atom is -0.398 e. The van der Waals surface area contributed by atoms with Crippen LogP contribution < -0.4 is 11.5 Å². The Hall–Kier alpha value is -3.47. The highest BCUT2D eigenvalue weighted by molar-refractivity contribution is 6.39. The zero-order chi connectivity index (χ0) is 22.3. The number of benzene rings is 2. The van der Waals surface area contributed by atoms with E-state index in [1.807, 2.05) is 6.07 Å². The fourth-order valence-electron chi connectivity index (χ4n) is 3.68. The lowest BCUT2D eigenvalue weighted by molar-refractivity contribution is 0.0795. The monoisotopic (exact) mass is 452 g/mol. The molecule has 0 spiro atoms. The molecular formula is C22H18Cl2N6O. The number of hydrogen-bond acceptors (Lipinski definition) is 5. The zero-order valence-electron chi connectivity index (χ0n) is 16.6. The number of fused-ring (bicyclic) bond motifs is 1. The summed E-state index contributed by atoms with van der Waals surface area (Å²) >= 11 is 12.4. The number of carbonyl (C=O) groups excluding carboxylic acids is 1. The van der Waals surface area contributed by atoms with Gasteiger partial charge in [0.25, 0.3) is 5.91 Å². The van der Waals surface area contributed by atoms with E-state index < -0.39 is 0 Å². The van der Waals surface area contributed by atoms with E-state index in [0.29, 0.717) is 39.1 Å². The van der Waals surface area contributed by atoms with Gasteiger partial charge in [0.15, 0.2) is 0 Å². The maximum Gasteiger partial charge on any atom is 0.256 e. The maximum absolute atomic E-state index is 13.1. The molecule has 0 fully saturated rings. The first-order valence-corrected chi connectivity index (χ1v) is 10.1. The van der Waals surface area contributed by atoms with Crippen molar-refractivity contribution in [2.24, 2.45) is 7.05 Å². The molecule has 1 amide bonds. The molecule has 0 radical (unpaired) electrons. The molecule has 0 bridgehead atoms. The Balaban J connectivity index is 1.70. The second-order valence-corrected chi connectivity index (χ2v) is 8.11. The van der Waals surface area contributed by atoms with E-state index in [4.69, 9.17) is 34.7 Å². The van der Waals surface area contributed by atoms with Gasteiger partial charge >= 0.3 is 0 Å². The molecule has 1 aliphatic heterocycles. The van der Waals surface area contributed by atoms with E-state index in [0.717, 1.165) is 22.3 Å². The van der Waals surface area contributed by atoms with Gasteiger partial charge < -0.3 is 16.4 Å². The van der Waals surface area contributed by atoms with Crippen molar-refractivity contribution in [1.29, 1.82) is 5.26 Å². The largest absolute Gasteiger partial charge is 0.398 e. The number of aromatic nitrogens is 2. The molecule has 0 atom stereocenters. The molecule has 2 aromatic carbocycles. The zero-order valence-corrected chi connectivity index (χ0v) is 18.1. The Morgan fingerprint density at radius 3 is 2.61 bits per heavy atom. The summed E-state index contributed by atoms with van der Waals surface area (Å²) in [6.07, 6.45) is 5.16. The van der Waals surface area contributed by atoms with E-state index in [2.05, 4.69) is 11.2 Å². The summed E-state index contributed by atoms with van der Waals surface area (Å²) in [7, 11) is 1.80. The third kappa shape index (κ3) is 3.83. The molecule has 2 heterocycles. The van der Waals surface area contributed by atoms with Crippen LogP contribution in [-0.2, 0) is 13.6 Å². The van der Waals surface area contributed by atoms with Crippen LogP contribution in [0.2, 0.25) is 10.0 Å². The fraction of sp³-hybridized carbons (Fsp3) is 0.136. The fourth-order valence-corrected chi connectivity index (χ4v) is 4.16. The van der Waals surface area contributed by atoms with Gasteiger partial charge in [-0.25, -0.2) is 0 Å². The number of rotatable bonds is 4. The minimum absolute atomic E-state index is 0.154. The van der Waals surface area contributed by atoms with Crippen LogP contribution >= 0.6 is 23.2 Å². The molecule has 3 aromatic rings. The molecule has 1 aliphatic rings. The van der Waals surface area contributed by atoms with Crippen LogP contribution in [0.25, 0.3) is 17.2 Å². The molecule has 0 aliphatic carbocycles. The predicted molar refractivity (Wildman–Crippen MR) is 122 cm³/mol. The Labute approximate surface area is 189 Å². The Bertz CT molecular complexity index is 1260. The number of anilines is 2. The van der Waals surface area contributed by atoms with Crippen LogP contribution in [0, 0.1) is 11.3 Å². The minimum atomic E-state index is -0.227. The second kappa shape index (κ2) is 7.99. The van der Waals surface area contributed by atoms with Gasteiger partial charge in [-0.2, -0.15) is 10.4 Å². The van der Waals surface area contributed by atoms with Crippen LogP contribution in [0.5, 0.6) is 0 Å². The number of nitrogens with zero attached hydrogens (tertiary/aromatic N) is 4. The highest BCUT2D eigenvalue weighted by Crippen LogP contribution is 2.39. The van der Waals surface area contributed by atoms with E-state index in [1.54, 1.807) is 53.3 Å². The van der Waals surface area contributed by atoms with Crippen molar-refractivity contribution in [3.8, 4) is 17.2 Å². The van der Waals surface area contributed by atoms with Crippen LogP contribution in [0.4, 0.5) is 11.4 Å². The van der Waals surface area contributed by atoms with Crippen molar-refractivity contribution < 1.29 is 4.79 Å². The molecule has 4 rings (SSSR count). The van der Waals surface area contributed by atoms with Crippen molar-refractivity contribution in [2.75, 3.05) is 18.0 Å². The number of hydrogen-bond donors (Lipinski definition) is 2. The molecule has 156 valence electrons. The van der Waals surface area contributed by atoms with E-state index in [9.17, 15) is 10.1 Å². The molecule has 31 heavy (non-hydrogen) atoms. The first kappa shape index (κ1) is 20.8. The van der Waals surface area contributed by atoms with Gasteiger partial charge in [-0.1, -0.05) is 29.3 Å². The Morgan fingerprint density at radius 2 is 2.00 bits per heavy atom. The molecule has 4 N–H and O–H groups in total. The van der Waals surface area contributed by atoms with Gasteiger partial charge in [0, 0.05) is 36.6 Å². The van der Waals surface area contributed by atoms with Crippen molar-refractivity contribution in [1.82, 2.24) is 14.7 Å². The molecule has 1 aromatic heterocycles. The average molecular weight is 453 g/mol. The van der Waals surface area contributed by atoms with E-state index in [-0.39, 0.29) is 12.5 Å². The topological polar surface area (TPSA) is 114 Å². The number of aryl methyl sites for hydroxylation is 1. The number of nitrogen functional groups attached to an aromatic ring is 2. The van der Waals surface area contributed by atoms with Crippen LogP contribution in [-0.4, -0.2) is 27.1 Å². The SMILES string of the molecule is Cn1cc(/C=C(\C#N)CN2Cc3c(-c4cc(Cl)c(N)c(Cl)c4)ccc(N)c3C2=O)cn1. The molecular weight excluding hydrogens is 435 g/mol. The number of carbonyl (C=O) groups is 1. The smallest absolute Gasteiger partial charge is 0.256 e. The molecule has 0 unspecified atom stereocenters. The summed E-state index contributed by atoms with van der Waals surface area (Å²) in [5.74, 6) is -0.227. The number of nitrogens with two attached hydrogens (primary N) is 2. The Morgan fingerprint density at radius 1 is 1.29 bits per heavy atom. The molecule has 7 nitrogen and oxygen atoms in total. The highest BCUT2D eigenvalue weighted by Gasteiger charge is 2.32. The second-order valence-electron chi connectivity index (χ2n) is 7.30. The van der Waals surface area contributed by atoms with Crippen molar-refractivity contribution in [2.45, 2.75) is 6.54 Å². The normalized spacial score (nSPS) is 13.4. The third-order valence-electron chi connectivity index (χ3n) is 5.16. The lowest BCUT2D eigenvalue weighted by atomic mass is 9.95. The Kier molecular flexibility index (Phi) is 5.36. The van der Waals surface area contributed by atoms with E-state index in [1.165, 1.54) is 0 Å². The molecule has 0 saturated heterocycles. The van der Waals surface area contributed by atoms with E-state index >= 15 is 0 Å². The molecule has 0 saturated carbocycles. The van der Waals surface area contributed by atoms with Crippen LogP contribution in [0.15, 0.2) is 42.2 Å². The van der Waals surface area contributed by atoms with Crippen molar-refractivity contribution >= 4 is 46.6 Å². The van der Waals surface area contributed by atoms with Crippen molar-refractivity contribution in [3.05, 3.63) is 69.0 Å². The van der Waals surface area contributed by atoms with Gasteiger partial charge in [-0.15, -0.1) is 0 Å². The van der Waals surface area contributed by atoms with Crippen LogP contribution in [0.1, 0.15) is 21.5 Å². The van der Waals surface area contributed by atoms with Crippen molar-refractivity contribution in [3.63, 3.8) is 0 Å². The van der Waals surface area contributed by atoms with Gasteiger partial charge in [0.1, 0.15) is 0 Å². The van der Waals surface area contributed by atoms with Crippen LogP contribution in [0.3, 0.4) is 0 Å². The highest BCUT2D eigenvalue weighted by atomic mass is 35.5. The quantitative estimate of drug-likeness (QED) is 0.456. The number of halogens is 2. The summed E-state index contributed by atoms with van der Waals surface area (Å²) in [5, 5.41) is 14.3. The summed E-state index contributed by atoms with van der Waals surface area (Å²) in [4.78, 5) is 14.7. The lowest BCUT2D eigenvalue weighted by Crippen LogP contribution is -2.26. The predicted octanol–water partition coefficient (Wildman–Crippen LogP) is 4.12. The van der Waals surface area contributed by atoms with Gasteiger partial charge in [-0.3, -0.25) is 9.48 Å². The van der Waals surface area contributed by atoms with Gasteiger partial charge in [0.2, 0.25) is 0 Å². The maximum atomic E-state index is 13.1. The standard InChI is InChI=1S/C22H18Cl2N6O/c1-29-9-13(8-28-29)4-12(7-25)10-30-11-16-15(2-3-19(26)20(16)22(30)31)14-5-17(23)21(27)18(24)6-14/h2-6,8-9H,10-11,26-27H2,1H3/b12-4+. The number of nitriles is 1. The molecule has 9 heteroatoms. The summed E-state index contributed by atoms with van der Waals surface area (Å²) in [5.41, 5.74) is 16.6. The van der Waals surface area contributed by atoms with Gasteiger partial charge in [-0.05, 0) is 41.0 Å². The summed E-state index contributed by atoms with van der Waals surface area (Å²) < 4.78 is 1.65. The lowest BCUT2D eigenvalue weighted by Gasteiger charge is -2.15. The number of amides is 1. The average Bonchev–Trinajstić information content (AvgIpc) is 3.29.